The number of nitrogens with one attached hydrogen (secondary N) is 1. The number of amides is 1. The Bertz CT molecular complexity index is 1090. The molecule has 0 aliphatic heterocycles. The number of fused-ring (bicyclic) bond motifs is 1. The molecule has 0 bridgehead atoms. The van der Waals surface area contributed by atoms with Crippen molar-refractivity contribution in [2.75, 3.05) is 5.32 Å². The van der Waals surface area contributed by atoms with E-state index in [-0.39, 0.29) is 5.91 Å². The van der Waals surface area contributed by atoms with Gasteiger partial charge in [-0.2, -0.15) is 0 Å². The Morgan fingerprint density at radius 3 is 2.67 bits per heavy atom. The van der Waals surface area contributed by atoms with Crippen LogP contribution >= 0.6 is 11.3 Å². The van der Waals surface area contributed by atoms with Crippen LogP contribution in [-0.2, 0) is 17.6 Å². The number of aryl methyl sites for hydroxylation is 2. The summed E-state index contributed by atoms with van der Waals surface area (Å²) in [5, 5.41) is 5.00. The number of aromatic nitrogens is 2. The van der Waals surface area contributed by atoms with E-state index in [2.05, 4.69) is 36.5 Å². The van der Waals surface area contributed by atoms with Gasteiger partial charge >= 0.3 is 0 Å². The van der Waals surface area contributed by atoms with Crippen LogP contribution in [0, 0.1) is 6.92 Å². The van der Waals surface area contributed by atoms with Crippen LogP contribution < -0.4 is 5.32 Å². The summed E-state index contributed by atoms with van der Waals surface area (Å²) in [6.07, 6.45) is 3.36. The van der Waals surface area contributed by atoms with E-state index in [1.807, 2.05) is 47.2 Å². The zero-order chi connectivity index (χ0) is 18.8. The summed E-state index contributed by atoms with van der Waals surface area (Å²) in [5.41, 5.74) is 6.21. The van der Waals surface area contributed by atoms with E-state index in [0.29, 0.717) is 6.42 Å². The fourth-order valence-corrected chi connectivity index (χ4v) is 3.95. The van der Waals surface area contributed by atoms with Gasteiger partial charge in [-0.1, -0.05) is 49.4 Å². The van der Waals surface area contributed by atoms with Gasteiger partial charge in [-0.15, -0.1) is 11.3 Å². The Balaban J connectivity index is 1.55. The number of imidazole rings is 1. The molecule has 0 aliphatic carbocycles. The molecule has 1 N–H and O–H groups in total. The molecule has 2 aromatic heterocycles. The minimum Gasteiger partial charge on any atom is -0.326 e. The second-order valence-electron chi connectivity index (χ2n) is 6.60. The number of hydrogen-bond acceptors (Lipinski definition) is 3. The van der Waals surface area contributed by atoms with E-state index in [1.165, 1.54) is 5.56 Å². The van der Waals surface area contributed by atoms with Crippen LogP contribution in [0.3, 0.4) is 0 Å². The summed E-state index contributed by atoms with van der Waals surface area (Å²) in [6, 6.07) is 16.3. The molecule has 0 atom stereocenters. The van der Waals surface area contributed by atoms with Crippen LogP contribution in [-0.4, -0.2) is 15.3 Å². The molecule has 0 radical (unpaired) electrons. The Hall–Kier alpha value is -2.92. The van der Waals surface area contributed by atoms with Gasteiger partial charge < -0.3 is 5.32 Å². The van der Waals surface area contributed by atoms with E-state index in [9.17, 15) is 4.79 Å². The van der Waals surface area contributed by atoms with E-state index in [0.717, 1.165) is 39.6 Å². The Morgan fingerprint density at radius 1 is 1.15 bits per heavy atom. The topological polar surface area (TPSA) is 46.4 Å². The molecule has 136 valence electrons. The average molecular weight is 375 g/mol. The quantitative estimate of drug-likeness (QED) is 0.526. The van der Waals surface area contributed by atoms with Gasteiger partial charge in [0, 0.05) is 28.5 Å². The van der Waals surface area contributed by atoms with Gasteiger partial charge in [0.2, 0.25) is 5.91 Å². The highest BCUT2D eigenvalue weighted by atomic mass is 32.1. The van der Waals surface area contributed by atoms with Crippen molar-refractivity contribution in [3.63, 3.8) is 0 Å². The molecule has 4 rings (SSSR count). The van der Waals surface area contributed by atoms with Crippen molar-refractivity contribution in [2.24, 2.45) is 0 Å². The van der Waals surface area contributed by atoms with Gasteiger partial charge in [-0.3, -0.25) is 9.20 Å². The predicted octanol–water partition coefficient (Wildman–Crippen LogP) is 5.11. The summed E-state index contributed by atoms with van der Waals surface area (Å²) in [7, 11) is 0. The summed E-state index contributed by atoms with van der Waals surface area (Å²) in [4.78, 5) is 18.1. The lowest BCUT2D eigenvalue weighted by Gasteiger charge is -2.07. The number of para-hydroxylation sites is 1. The van der Waals surface area contributed by atoms with Gasteiger partial charge in [0.05, 0.1) is 12.1 Å². The maximum absolute atomic E-state index is 12.5. The molecule has 0 saturated carbocycles. The highest BCUT2D eigenvalue weighted by molar-refractivity contribution is 7.15. The lowest BCUT2D eigenvalue weighted by atomic mass is 10.1. The van der Waals surface area contributed by atoms with Gasteiger partial charge in [0.1, 0.15) is 0 Å². The van der Waals surface area contributed by atoms with E-state index < -0.39 is 0 Å². The van der Waals surface area contributed by atoms with Gasteiger partial charge in [-0.25, -0.2) is 4.98 Å². The van der Waals surface area contributed by atoms with Crippen LogP contribution in [0.4, 0.5) is 5.69 Å². The van der Waals surface area contributed by atoms with Crippen molar-refractivity contribution in [3.8, 4) is 11.3 Å². The smallest absolute Gasteiger partial charge is 0.230 e. The zero-order valence-electron chi connectivity index (χ0n) is 15.4. The number of benzene rings is 2. The first-order valence-corrected chi connectivity index (χ1v) is 9.92. The highest BCUT2D eigenvalue weighted by Gasteiger charge is 2.13. The number of thiazole rings is 1. The molecule has 2 aromatic carbocycles. The first kappa shape index (κ1) is 17.5. The second kappa shape index (κ2) is 7.37. The normalized spacial score (nSPS) is 11.0. The molecular formula is C22H21N3OS. The second-order valence-corrected chi connectivity index (χ2v) is 7.43. The van der Waals surface area contributed by atoms with E-state index >= 15 is 0 Å². The fourth-order valence-electron chi connectivity index (χ4n) is 3.08. The fraction of sp³-hybridized carbons (Fsp3) is 0.182. The van der Waals surface area contributed by atoms with Crippen molar-refractivity contribution in [1.29, 1.82) is 0 Å². The molecule has 2 heterocycles. The Labute approximate surface area is 162 Å². The number of anilines is 1. The molecule has 0 fully saturated rings. The molecule has 0 spiro atoms. The summed E-state index contributed by atoms with van der Waals surface area (Å²) in [5.74, 6) is -0.0217. The third-order valence-electron chi connectivity index (χ3n) is 4.70. The standard InChI is InChI=1S/C22H21N3OS/c1-3-16-8-10-17(11-9-16)20-13-25-18(14-27-22(25)24-20)12-21(26)23-19-7-5-4-6-15(19)2/h4-11,13-14H,3,12H2,1-2H3,(H,23,26). The van der Waals surface area contributed by atoms with E-state index in [4.69, 9.17) is 4.98 Å². The Morgan fingerprint density at radius 2 is 1.93 bits per heavy atom. The first-order chi connectivity index (χ1) is 13.1. The predicted molar refractivity (Wildman–Crippen MR) is 111 cm³/mol. The molecule has 0 saturated heterocycles. The van der Waals surface area contributed by atoms with Gasteiger partial charge in [0.25, 0.3) is 0 Å². The monoisotopic (exact) mass is 375 g/mol. The van der Waals surface area contributed by atoms with E-state index in [1.54, 1.807) is 11.3 Å². The molecule has 1 amide bonds. The van der Waals surface area contributed by atoms with Crippen molar-refractivity contribution >= 4 is 27.9 Å². The molecule has 4 nitrogen and oxygen atoms in total. The SMILES string of the molecule is CCc1ccc(-c2cn3c(CC(=O)Nc4ccccc4C)csc3n2)cc1. The number of hydrogen-bond donors (Lipinski definition) is 1. The van der Waals surface area contributed by atoms with Crippen LogP contribution in [0.1, 0.15) is 23.7 Å². The van der Waals surface area contributed by atoms with Crippen molar-refractivity contribution in [1.82, 2.24) is 9.38 Å². The molecule has 0 unspecified atom stereocenters. The van der Waals surface area contributed by atoms with Gasteiger partial charge in [0.15, 0.2) is 4.96 Å². The van der Waals surface area contributed by atoms with Crippen LogP contribution in [0.15, 0.2) is 60.1 Å². The number of carbonyl (C=O) groups excluding carboxylic acids is 1. The molecule has 0 aliphatic rings. The van der Waals surface area contributed by atoms with Gasteiger partial charge in [-0.05, 0) is 30.5 Å². The van der Waals surface area contributed by atoms with Crippen LogP contribution in [0.25, 0.3) is 16.2 Å². The first-order valence-electron chi connectivity index (χ1n) is 9.04. The summed E-state index contributed by atoms with van der Waals surface area (Å²) >= 11 is 1.56. The van der Waals surface area contributed by atoms with Crippen molar-refractivity contribution in [2.45, 2.75) is 26.7 Å². The number of nitrogens with zero attached hydrogens (tertiary/aromatic N) is 2. The number of rotatable bonds is 5. The maximum atomic E-state index is 12.5. The van der Waals surface area contributed by atoms with Crippen molar-refractivity contribution < 1.29 is 4.79 Å². The molecule has 5 heteroatoms. The Kier molecular flexibility index (Phi) is 4.77. The summed E-state index contributed by atoms with van der Waals surface area (Å²) < 4.78 is 2.02. The molecule has 4 aromatic rings. The summed E-state index contributed by atoms with van der Waals surface area (Å²) in [6.45, 7) is 4.14. The minimum atomic E-state index is -0.0217. The average Bonchev–Trinajstić information content (AvgIpc) is 3.26. The lowest BCUT2D eigenvalue weighted by Crippen LogP contribution is -2.15. The highest BCUT2D eigenvalue weighted by Crippen LogP contribution is 2.24. The minimum absolute atomic E-state index is 0.0217. The third kappa shape index (κ3) is 3.64. The van der Waals surface area contributed by atoms with Crippen LogP contribution in [0.2, 0.25) is 0 Å². The molecular weight excluding hydrogens is 354 g/mol. The van der Waals surface area contributed by atoms with Crippen molar-refractivity contribution in [3.05, 3.63) is 76.9 Å². The molecule has 27 heavy (non-hydrogen) atoms. The van der Waals surface area contributed by atoms with Crippen LogP contribution in [0.5, 0.6) is 0 Å². The maximum Gasteiger partial charge on any atom is 0.230 e. The number of carbonyl (C=O) groups is 1. The lowest BCUT2D eigenvalue weighted by molar-refractivity contribution is -0.115. The third-order valence-corrected chi connectivity index (χ3v) is 5.59. The zero-order valence-corrected chi connectivity index (χ0v) is 16.2. The largest absolute Gasteiger partial charge is 0.326 e.